The Labute approximate surface area is 180 Å². The van der Waals surface area contributed by atoms with Gasteiger partial charge in [0, 0.05) is 32.7 Å². The first-order valence-corrected chi connectivity index (χ1v) is 12.0. The molecule has 2 aromatic carbocycles. The molecule has 1 aliphatic heterocycles. The lowest BCUT2D eigenvalue weighted by atomic mass is 10.1. The van der Waals surface area contributed by atoms with Crippen LogP contribution in [-0.2, 0) is 33.5 Å². The second kappa shape index (κ2) is 10.2. The molecule has 6 nitrogen and oxygen atoms in total. The number of benzene rings is 2. The molecule has 0 aromatic heterocycles. The van der Waals surface area contributed by atoms with E-state index in [2.05, 4.69) is 31.2 Å². The number of piperazine rings is 1. The lowest BCUT2D eigenvalue weighted by molar-refractivity contribution is -0.133. The van der Waals surface area contributed by atoms with Gasteiger partial charge in [-0.05, 0) is 30.2 Å². The van der Waals surface area contributed by atoms with Crippen LogP contribution >= 0.6 is 0 Å². The van der Waals surface area contributed by atoms with Crippen molar-refractivity contribution in [3.05, 3.63) is 71.3 Å². The lowest BCUT2D eigenvalue weighted by Crippen LogP contribution is -2.52. The first-order valence-electron chi connectivity index (χ1n) is 10.4. The van der Waals surface area contributed by atoms with Gasteiger partial charge in [0.05, 0.1) is 12.3 Å². The highest BCUT2D eigenvalue weighted by Crippen LogP contribution is 2.14. The van der Waals surface area contributed by atoms with E-state index in [-0.39, 0.29) is 11.7 Å². The number of amides is 1. The van der Waals surface area contributed by atoms with E-state index in [1.165, 1.54) is 15.4 Å². The smallest absolute Gasteiger partial charge is 0.236 e. The minimum atomic E-state index is -3.37. The first kappa shape index (κ1) is 22.5. The largest absolute Gasteiger partial charge is 0.339 e. The van der Waals surface area contributed by atoms with Gasteiger partial charge < -0.3 is 4.90 Å². The third-order valence-corrected chi connectivity index (χ3v) is 7.32. The Bertz CT molecular complexity index is 922. The highest BCUT2D eigenvalue weighted by molar-refractivity contribution is 7.88. The van der Waals surface area contributed by atoms with E-state index < -0.39 is 10.0 Å². The molecule has 0 bridgehead atoms. The summed E-state index contributed by atoms with van der Waals surface area (Å²) >= 11 is 0. The number of rotatable bonds is 8. The number of likely N-dealkylation sites (N-methyl/N-ethyl adjacent to an activating group) is 1. The zero-order chi connectivity index (χ0) is 21.6. The average molecular weight is 430 g/mol. The summed E-state index contributed by atoms with van der Waals surface area (Å²) in [6, 6.07) is 17.7. The average Bonchev–Trinajstić information content (AvgIpc) is 2.74. The molecule has 0 saturated carbocycles. The van der Waals surface area contributed by atoms with Gasteiger partial charge in [-0.15, -0.1) is 0 Å². The summed E-state index contributed by atoms with van der Waals surface area (Å²) in [5.41, 5.74) is 3.27. The van der Waals surface area contributed by atoms with Crippen LogP contribution in [-0.4, -0.2) is 68.2 Å². The number of aryl methyl sites for hydroxylation is 1. The number of hydrogen-bond donors (Lipinski definition) is 0. The summed E-state index contributed by atoms with van der Waals surface area (Å²) < 4.78 is 26.8. The number of carbonyl (C=O) groups excluding carboxylic acids is 1. The fourth-order valence-electron chi connectivity index (χ4n) is 3.67. The summed E-state index contributed by atoms with van der Waals surface area (Å²) in [4.78, 5) is 16.4. The van der Waals surface area contributed by atoms with Crippen LogP contribution in [0.15, 0.2) is 54.6 Å². The molecule has 0 spiro atoms. The van der Waals surface area contributed by atoms with Crippen molar-refractivity contribution < 1.29 is 13.2 Å². The quantitative estimate of drug-likeness (QED) is 0.646. The van der Waals surface area contributed by atoms with Gasteiger partial charge in [0.15, 0.2) is 0 Å². The van der Waals surface area contributed by atoms with E-state index in [1.54, 1.807) is 4.90 Å². The molecule has 1 amide bonds. The van der Waals surface area contributed by atoms with Crippen molar-refractivity contribution in [1.82, 2.24) is 14.1 Å². The van der Waals surface area contributed by atoms with Crippen molar-refractivity contribution in [3.8, 4) is 0 Å². The van der Waals surface area contributed by atoms with Gasteiger partial charge >= 0.3 is 0 Å². The zero-order valence-corrected chi connectivity index (χ0v) is 18.6. The van der Waals surface area contributed by atoms with Gasteiger partial charge in [-0.1, -0.05) is 61.5 Å². The standard InChI is InChI=1S/C23H31N3O3S/c1-3-20-9-11-21(12-10-20)17-24(2)18-23(27)25-13-15-26(16-14-25)30(28,29)19-22-7-5-4-6-8-22/h4-12H,3,13-19H2,1-2H3. The molecule has 162 valence electrons. The second-order valence-electron chi connectivity index (χ2n) is 7.86. The number of sulfonamides is 1. The van der Waals surface area contributed by atoms with Crippen molar-refractivity contribution in [2.45, 2.75) is 25.6 Å². The van der Waals surface area contributed by atoms with Crippen LogP contribution in [0.2, 0.25) is 0 Å². The van der Waals surface area contributed by atoms with Crippen LogP contribution in [0.1, 0.15) is 23.6 Å². The molecule has 0 radical (unpaired) electrons. The fourth-order valence-corrected chi connectivity index (χ4v) is 5.19. The molecule has 3 rings (SSSR count). The van der Waals surface area contributed by atoms with Crippen molar-refractivity contribution >= 4 is 15.9 Å². The van der Waals surface area contributed by atoms with Gasteiger partial charge in [0.2, 0.25) is 15.9 Å². The molecule has 1 heterocycles. The molecule has 0 aliphatic carbocycles. The van der Waals surface area contributed by atoms with E-state index in [0.717, 1.165) is 12.0 Å². The van der Waals surface area contributed by atoms with Gasteiger partial charge in [0.1, 0.15) is 0 Å². The predicted octanol–water partition coefficient (Wildman–Crippen LogP) is 2.35. The van der Waals surface area contributed by atoms with Crippen molar-refractivity contribution in [2.24, 2.45) is 0 Å². The molecule has 7 heteroatoms. The van der Waals surface area contributed by atoms with E-state index >= 15 is 0 Å². The second-order valence-corrected chi connectivity index (χ2v) is 9.83. The summed E-state index contributed by atoms with van der Waals surface area (Å²) in [5, 5.41) is 0. The minimum absolute atomic E-state index is 0.00133. The SMILES string of the molecule is CCc1ccc(CN(C)CC(=O)N2CCN(S(=O)(=O)Cc3ccccc3)CC2)cc1. The van der Waals surface area contributed by atoms with Gasteiger partial charge in [-0.2, -0.15) is 4.31 Å². The number of nitrogens with zero attached hydrogens (tertiary/aromatic N) is 3. The Morgan fingerprint density at radius 1 is 0.900 bits per heavy atom. The van der Waals surface area contributed by atoms with Crippen LogP contribution in [0, 0.1) is 0 Å². The Morgan fingerprint density at radius 3 is 2.10 bits per heavy atom. The monoisotopic (exact) mass is 429 g/mol. The van der Waals surface area contributed by atoms with Crippen LogP contribution in [0.3, 0.4) is 0 Å². The molecule has 0 atom stereocenters. The molecule has 0 N–H and O–H groups in total. The van der Waals surface area contributed by atoms with Crippen molar-refractivity contribution in [2.75, 3.05) is 39.8 Å². The Morgan fingerprint density at radius 2 is 1.50 bits per heavy atom. The molecular weight excluding hydrogens is 398 g/mol. The Hall–Kier alpha value is -2.22. The molecule has 1 saturated heterocycles. The molecule has 1 aliphatic rings. The first-order chi connectivity index (χ1) is 14.4. The fraction of sp³-hybridized carbons (Fsp3) is 0.435. The van der Waals surface area contributed by atoms with Crippen LogP contribution in [0.4, 0.5) is 0 Å². The summed E-state index contributed by atoms with van der Waals surface area (Å²) in [7, 11) is -1.43. The molecule has 1 fully saturated rings. The van der Waals surface area contributed by atoms with E-state index in [1.807, 2.05) is 42.3 Å². The minimum Gasteiger partial charge on any atom is -0.339 e. The van der Waals surface area contributed by atoms with Crippen LogP contribution in [0.5, 0.6) is 0 Å². The highest BCUT2D eigenvalue weighted by atomic mass is 32.2. The normalized spacial score (nSPS) is 15.5. The van der Waals surface area contributed by atoms with Gasteiger partial charge in [-0.25, -0.2) is 8.42 Å². The predicted molar refractivity (Wildman–Crippen MR) is 119 cm³/mol. The lowest BCUT2D eigenvalue weighted by Gasteiger charge is -2.34. The topological polar surface area (TPSA) is 60.9 Å². The number of carbonyl (C=O) groups is 1. The maximum atomic E-state index is 12.7. The molecule has 2 aromatic rings. The summed E-state index contributed by atoms with van der Waals surface area (Å²) in [6.07, 6.45) is 1.02. The van der Waals surface area contributed by atoms with E-state index in [9.17, 15) is 13.2 Å². The van der Waals surface area contributed by atoms with Crippen LogP contribution in [0.25, 0.3) is 0 Å². The maximum absolute atomic E-state index is 12.7. The van der Waals surface area contributed by atoms with Crippen LogP contribution < -0.4 is 0 Å². The van der Waals surface area contributed by atoms with Crippen molar-refractivity contribution in [3.63, 3.8) is 0 Å². The maximum Gasteiger partial charge on any atom is 0.236 e. The summed E-state index contributed by atoms with van der Waals surface area (Å²) in [5.74, 6) is 0.0456. The third kappa shape index (κ3) is 6.14. The molecule has 30 heavy (non-hydrogen) atoms. The van der Waals surface area contributed by atoms with Crippen molar-refractivity contribution in [1.29, 1.82) is 0 Å². The Balaban J connectivity index is 1.47. The summed E-state index contributed by atoms with van der Waals surface area (Å²) in [6.45, 7) is 4.74. The van der Waals surface area contributed by atoms with Gasteiger partial charge in [0.25, 0.3) is 0 Å². The van der Waals surface area contributed by atoms with E-state index in [0.29, 0.717) is 39.3 Å². The zero-order valence-electron chi connectivity index (χ0n) is 17.8. The number of hydrogen-bond acceptors (Lipinski definition) is 4. The van der Waals surface area contributed by atoms with E-state index in [4.69, 9.17) is 0 Å². The molecule has 0 unspecified atom stereocenters. The molecular formula is C23H31N3O3S. The highest BCUT2D eigenvalue weighted by Gasteiger charge is 2.29. The third-order valence-electron chi connectivity index (χ3n) is 5.47. The van der Waals surface area contributed by atoms with Gasteiger partial charge in [-0.3, -0.25) is 9.69 Å². The Kier molecular flexibility index (Phi) is 7.64.